The molecule has 0 bridgehead atoms. The van der Waals surface area contributed by atoms with Crippen molar-refractivity contribution in [1.82, 2.24) is 15.2 Å². The molecule has 23 heavy (non-hydrogen) atoms. The van der Waals surface area contributed by atoms with Crippen molar-refractivity contribution in [2.45, 2.75) is 38.3 Å². The van der Waals surface area contributed by atoms with Crippen molar-refractivity contribution >= 4 is 11.9 Å². The summed E-state index contributed by atoms with van der Waals surface area (Å²) >= 11 is 0. The van der Waals surface area contributed by atoms with Gasteiger partial charge in [0.15, 0.2) is 5.89 Å². The van der Waals surface area contributed by atoms with Crippen molar-refractivity contribution in [3.05, 3.63) is 53.2 Å². The molecular weight excluding hydrogens is 294 g/mol. The van der Waals surface area contributed by atoms with Gasteiger partial charge in [-0.15, -0.1) is 0 Å². The Morgan fingerprint density at radius 3 is 2.57 bits per heavy atom. The molecule has 1 saturated heterocycles. The minimum atomic E-state index is -0.835. The Labute approximate surface area is 133 Å². The molecule has 1 spiro atoms. The van der Waals surface area contributed by atoms with Gasteiger partial charge in [-0.1, -0.05) is 31.2 Å². The molecule has 1 aliphatic carbocycles. The smallest absolute Gasteiger partial charge is 0.325 e. The quantitative estimate of drug-likeness (QED) is 0.877. The molecular formula is C17H17N3O3. The van der Waals surface area contributed by atoms with Crippen LogP contribution in [0.5, 0.6) is 0 Å². The second-order valence-electron chi connectivity index (χ2n) is 6.11. The molecule has 0 unspecified atom stereocenters. The zero-order valence-corrected chi connectivity index (χ0v) is 12.8. The fourth-order valence-corrected chi connectivity index (χ4v) is 3.42. The highest BCUT2D eigenvalue weighted by Crippen LogP contribution is 2.35. The summed E-state index contributed by atoms with van der Waals surface area (Å²) in [6.45, 7) is 2.08. The van der Waals surface area contributed by atoms with E-state index >= 15 is 0 Å². The summed E-state index contributed by atoms with van der Waals surface area (Å²) in [6.07, 6.45) is 3.28. The normalized spacial score (nSPS) is 18.6. The lowest BCUT2D eigenvalue weighted by Crippen LogP contribution is -2.47. The van der Waals surface area contributed by atoms with Crippen LogP contribution in [0.1, 0.15) is 29.6 Å². The predicted octanol–water partition coefficient (Wildman–Crippen LogP) is 1.83. The summed E-state index contributed by atoms with van der Waals surface area (Å²) in [4.78, 5) is 30.7. The van der Waals surface area contributed by atoms with Gasteiger partial charge >= 0.3 is 6.03 Å². The zero-order chi connectivity index (χ0) is 16.0. The maximum Gasteiger partial charge on any atom is 0.325 e. The van der Waals surface area contributed by atoms with Crippen molar-refractivity contribution in [2.24, 2.45) is 0 Å². The largest absolute Gasteiger partial charge is 0.449 e. The minimum Gasteiger partial charge on any atom is -0.449 e. The van der Waals surface area contributed by atoms with E-state index in [9.17, 15) is 9.59 Å². The van der Waals surface area contributed by atoms with Crippen LogP contribution in [0.25, 0.3) is 0 Å². The fourth-order valence-electron chi connectivity index (χ4n) is 3.42. The Kier molecular flexibility index (Phi) is 3.01. The highest BCUT2D eigenvalue weighted by molar-refractivity contribution is 6.07. The monoisotopic (exact) mass is 311 g/mol. The lowest BCUT2D eigenvalue weighted by atomic mass is 9.96. The first-order chi connectivity index (χ1) is 11.1. The number of amides is 3. The maximum absolute atomic E-state index is 12.9. The molecule has 6 heteroatoms. The maximum atomic E-state index is 12.9. The van der Waals surface area contributed by atoms with Gasteiger partial charge in [-0.3, -0.25) is 9.69 Å². The number of aryl methyl sites for hydroxylation is 1. The van der Waals surface area contributed by atoms with E-state index in [1.807, 2.05) is 31.2 Å². The summed E-state index contributed by atoms with van der Waals surface area (Å²) in [6, 6.07) is 7.58. The number of hydrogen-bond acceptors (Lipinski definition) is 4. The Morgan fingerprint density at radius 2 is 1.96 bits per heavy atom. The second kappa shape index (κ2) is 4.94. The number of hydrogen-bond donors (Lipinski definition) is 1. The van der Waals surface area contributed by atoms with E-state index in [1.165, 1.54) is 11.2 Å². The summed E-state index contributed by atoms with van der Waals surface area (Å²) in [5, 5.41) is 2.90. The number of carbonyl (C=O) groups excluding carboxylic acids is 2. The molecule has 0 atom stereocenters. The summed E-state index contributed by atoms with van der Waals surface area (Å²) in [5.74, 6) is 0.426. The van der Waals surface area contributed by atoms with Gasteiger partial charge in [-0.25, -0.2) is 9.78 Å². The fraction of sp³-hybridized carbons (Fsp3) is 0.353. The van der Waals surface area contributed by atoms with Gasteiger partial charge < -0.3 is 9.73 Å². The van der Waals surface area contributed by atoms with Crippen LogP contribution in [0.3, 0.4) is 0 Å². The topological polar surface area (TPSA) is 75.4 Å². The number of oxazole rings is 1. The average molecular weight is 311 g/mol. The molecule has 118 valence electrons. The molecule has 6 nitrogen and oxygen atoms in total. The number of imide groups is 1. The number of carbonyl (C=O) groups is 2. The average Bonchev–Trinajstić information content (AvgIpc) is 3.20. The molecule has 3 amide bonds. The molecule has 1 aliphatic heterocycles. The SMILES string of the molecule is CCc1nc(CN2C(=O)NC3(Cc4ccccc4C3)C2=O)co1. The van der Waals surface area contributed by atoms with E-state index in [1.54, 1.807) is 0 Å². The number of fused-ring (bicyclic) bond motifs is 1. The number of nitrogens with zero attached hydrogens (tertiary/aromatic N) is 2. The lowest BCUT2D eigenvalue weighted by molar-refractivity contribution is -0.131. The van der Waals surface area contributed by atoms with Crippen LogP contribution in [0, 0.1) is 0 Å². The van der Waals surface area contributed by atoms with Gasteiger partial charge in [0.1, 0.15) is 11.8 Å². The van der Waals surface area contributed by atoms with Gasteiger partial charge in [0.2, 0.25) is 0 Å². The molecule has 2 aromatic rings. The van der Waals surface area contributed by atoms with Gasteiger partial charge in [-0.05, 0) is 11.1 Å². The van der Waals surface area contributed by atoms with E-state index < -0.39 is 5.54 Å². The van der Waals surface area contributed by atoms with Gasteiger partial charge in [0.05, 0.1) is 12.2 Å². The van der Waals surface area contributed by atoms with Crippen molar-refractivity contribution in [3.63, 3.8) is 0 Å². The second-order valence-corrected chi connectivity index (χ2v) is 6.11. The number of nitrogens with one attached hydrogen (secondary N) is 1. The number of aromatic nitrogens is 1. The molecule has 0 saturated carbocycles. The van der Waals surface area contributed by atoms with Crippen molar-refractivity contribution < 1.29 is 14.0 Å². The Morgan fingerprint density at radius 1 is 1.26 bits per heavy atom. The summed E-state index contributed by atoms with van der Waals surface area (Å²) < 4.78 is 5.28. The highest BCUT2D eigenvalue weighted by Gasteiger charge is 2.54. The van der Waals surface area contributed by atoms with Gasteiger partial charge in [-0.2, -0.15) is 0 Å². The Hall–Kier alpha value is -2.63. The first-order valence-corrected chi connectivity index (χ1v) is 7.75. The van der Waals surface area contributed by atoms with Gasteiger partial charge in [0, 0.05) is 19.3 Å². The molecule has 1 aromatic heterocycles. The van der Waals surface area contributed by atoms with Crippen LogP contribution in [0.15, 0.2) is 34.9 Å². The molecule has 2 aliphatic rings. The summed E-state index contributed by atoms with van der Waals surface area (Å²) in [5.41, 5.74) is 2.01. The third-order valence-corrected chi connectivity index (χ3v) is 4.57. The van der Waals surface area contributed by atoms with Crippen molar-refractivity contribution in [1.29, 1.82) is 0 Å². The van der Waals surface area contributed by atoms with Crippen LogP contribution in [-0.4, -0.2) is 27.4 Å². The first-order valence-electron chi connectivity index (χ1n) is 7.75. The van der Waals surface area contributed by atoms with Gasteiger partial charge in [0.25, 0.3) is 5.91 Å². The van der Waals surface area contributed by atoms with Crippen molar-refractivity contribution in [3.8, 4) is 0 Å². The van der Waals surface area contributed by atoms with E-state index in [0.29, 0.717) is 30.8 Å². The Bertz CT molecular complexity index is 771. The number of benzene rings is 1. The molecule has 2 heterocycles. The number of urea groups is 1. The van der Waals surface area contributed by atoms with Crippen LogP contribution >= 0.6 is 0 Å². The molecule has 1 N–H and O–H groups in total. The molecule has 1 fully saturated rings. The third kappa shape index (κ3) is 2.13. The van der Waals surface area contributed by atoms with E-state index in [2.05, 4.69) is 10.3 Å². The van der Waals surface area contributed by atoms with Crippen molar-refractivity contribution in [2.75, 3.05) is 0 Å². The first kappa shape index (κ1) is 14.0. The van der Waals surface area contributed by atoms with Crippen LogP contribution < -0.4 is 5.32 Å². The number of rotatable bonds is 3. The van der Waals surface area contributed by atoms with E-state index in [-0.39, 0.29) is 18.5 Å². The van der Waals surface area contributed by atoms with Crippen LogP contribution in [-0.2, 0) is 30.6 Å². The minimum absolute atomic E-state index is 0.145. The third-order valence-electron chi connectivity index (χ3n) is 4.57. The van der Waals surface area contributed by atoms with E-state index in [0.717, 1.165) is 11.1 Å². The van der Waals surface area contributed by atoms with Crippen LogP contribution in [0.2, 0.25) is 0 Å². The molecule has 4 rings (SSSR count). The highest BCUT2D eigenvalue weighted by atomic mass is 16.3. The van der Waals surface area contributed by atoms with Crippen LogP contribution in [0.4, 0.5) is 4.79 Å². The predicted molar refractivity (Wildman–Crippen MR) is 81.5 cm³/mol. The lowest BCUT2D eigenvalue weighted by Gasteiger charge is -2.20. The Balaban J connectivity index is 1.58. The molecule has 1 aromatic carbocycles. The van der Waals surface area contributed by atoms with E-state index in [4.69, 9.17) is 4.42 Å². The molecule has 0 radical (unpaired) electrons. The zero-order valence-electron chi connectivity index (χ0n) is 12.8. The standard InChI is InChI=1S/C17H17N3O3/c1-2-14-18-13(10-23-14)9-20-15(21)17(19-16(20)22)7-11-5-3-4-6-12(11)8-17/h3-6,10H,2,7-9H2,1H3,(H,19,22). The summed E-state index contributed by atoms with van der Waals surface area (Å²) in [7, 11) is 0.